The summed E-state index contributed by atoms with van der Waals surface area (Å²) < 4.78 is 0. The molecule has 0 aliphatic heterocycles. The van der Waals surface area contributed by atoms with Crippen LogP contribution in [0.2, 0.25) is 0 Å². The molecule has 0 bridgehead atoms. The molecule has 0 aromatic carbocycles. The fraction of sp³-hybridized carbons (Fsp3) is 0.250. The van der Waals surface area contributed by atoms with Gasteiger partial charge in [-0.25, -0.2) is 15.8 Å². The standard InChI is InChI=1S/C8H10N4S2/c1-4-3-5-6(13-2)10-8(12-9)11-7(5)14-4/h3H,9H2,1-2H3,(H,10,11,12). The van der Waals surface area contributed by atoms with E-state index in [4.69, 9.17) is 5.84 Å². The molecule has 2 aromatic heterocycles. The van der Waals surface area contributed by atoms with Gasteiger partial charge in [0.1, 0.15) is 9.86 Å². The van der Waals surface area contributed by atoms with E-state index in [9.17, 15) is 0 Å². The number of hydrogen-bond donors (Lipinski definition) is 2. The number of hydrogen-bond acceptors (Lipinski definition) is 6. The Balaban J connectivity index is 2.72. The van der Waals surface area contributed by atoms with Crippen molar-refractivity contribution in [2.45, 2.75) is 11.9 Å². The van der Waals surface area contributed by atoms with Gasteiger partial charge in [0, 0.05) is 10.3 Å². The zero-order chi connectivity index (χ0) is 10.1. The summed E-state index contributed by atoms with van der Waals surface area (Å²) in [5.41, 5.74) is 2.47. The third kappa shape index (κ3) is 1.56. The van der Waals surface area contributed by atoms with Gasteiger partial charge in [0.05, 0.1) is 0 Å². The highest BCUT2D eigenvalue weighted by Gasteiger charge is 2.08. The average molecular weight is 226 g/mol. The first-order valence-electron chi connectivity index (χ1n) is 4.03. The van der Waals surface area contributed by atoms with Crippen molar-refractivity contribution in [3.05, 3.63) is 10.9 Å². The lowest BCUT2D eigenvalue weighted by Crippen LogP contribution is -2.10. The Bertz CT molecular complexity index is 466. The second kappa shape index (κ2) is 3.72. The van der Waals surface area contributed by atoms with Crippen molar-refractivity contribution in [1.29, 1.82) is 0 Å². The van der Waals surface area contributed by atoms with E-state index in [2.05, 4.69) is 28.4 Å². The van der Waals surface area contributed by atoms with Gasteiger partial charge in [-0.2, -0.15) is 0 Å². The molecule has 0 spiro atoms. The number of fused-ring (bicyclic) bond motifs is 1. The number of nitrogen functional groups attached to an aromatic ring is 1. The number of anilines is 1. The summed E-state index contributed by atoms with van der Waals surface area (Å²) in [6.45, 7) is 2.06. The maximum Gasteiger partial charge on any atom is 0.239 e. The Morgan fingerprint density at radius 1 is 1.50 bits per heavy atom. The number of nitrogens with zero attached hydrogens (tertiary/aromatic N) is 2. The van der Waals surface area contributed by atoms with Crippen molar-refractivity contribution in [2.24, 2.45) is 5.84 Å². The molecule has 6 heteroatoms. The van der Waals surface area contributed by atoms with E-state index in [1.807, 2.05) is 6.26 Å². The molecule has 2 aromatic rings. The molecule has 2 rings (SSSR count). The largest absolute Gasteiger partial charge is 0.292 e. The molecule has 14 heavy (non-hydrogen) atoms. The maximum atomic E-state index is 5.29. The van der Waals surface area contributed by atoms with E-state index in [0.29, 0.717) is 5.95 Å². The predicted molar refractivity (Wildman–Crippen MR) is 61.7 cm³/mol. The lowest BCUT2D eigenvalue weighted by molar-refractivity contribution is 1.08. The van der Waals surface area contributed by atoms with Gasteiger partial charge in [0.15, 0.2) is 0 Å². The maximum absolute atomic E-state index is 5.29. The van der Waals surface area contributed by atoms with E-state index in [1.54, 1.807) is 23.1 Å². The van der Waals surface area contributed by atoms with Crippen molar-refractivity contribution in [2.75, 3.05) is 11.7 Å². The number of thiophene rings is 1. The van der Waals surface area contributed by atoms with Crippen LogP contribution in [0.4, 0.5) is 5.95 Å². The second-order valence-corrected chi connectivity index (χ2v) is 4.81. The molecule has 0 unspecified atom stereocenters. The molecule has 0 fully saturated rings. The van der Waals surface area contributed by atoms with Gasteiger partial charge in [-0.3, -0.25) is 5.43 Å². The summed E-state index contributed by atoms with van der Waals surface area (Å²) in [4.78, 5) is 10.8. The van der Waals surface area contributed by atoms with Gasteiger partial charge < -0.3 is 0 Å². The third-order valence-electron chi connectivity index (χ3n) is 1.80. The lowest BCUT2D eigenvalue weighted by atomic mass is 10.4. The molecule has 0 aliphatic rings. The highest BCUT2D eigenvalue weighted by molar-refractivity contribution is 7.98. The molecule has 74 valence electrons. The Morgan fingerprint density at radius 2 is 2.29 bits per heavy atom. The van der Waals surface area contributed by atoms with Gasteiger partial charge in [0.2, 0.25) is 5.95 Å². The van der Waals surface area contributed by atoms with E-state index >= 15 is 0 Å². The summed E-state index contributed by atoms with van der Waals surface area (Å²) in [7, 11) is 0. The zero-order valence-corrected chi connectivity index (χ0v) is 9.50. The molecule has 2 heterocycles. The van der Waals surface area contributed by atoms with Gasteiger partial charge in [-0.15, -0.1) is 23.1 Å². The summed E-state index contributed by atoms with van der Waals surface area (Å²) in [5.74, 6) is 5.77. The number of aromatic nitrogens is 2. The van der Waals surface area contributed by atoms with Gasteiger partial charge in [-0.05, 0) is 19.2 Å². The predicted octanol–water partition coefficient (Wildman–Crippen LogP) is 2.01. The molecule has 3 N–H and O–H groups in total. The molecular weight excluding hydrogens is 216 g/mol. The Morgan fingerprint density at radius 3 is 2.93 bits per heavy atom. The van der Waals surface area contributed by atoms with Crippen LogP contribution in [-0.4, -0.2) is 16.2 Å². The highest BCUT2D eigenvalue weighted by Crippen LogP contribution is 2.30. The van der Waals surface area contributed by atoms with E-state index in [1.165, 1.54) is 4.88 Å². The normalized spacial score (nSPS) is 10.8. The van der Waals surface area contributed by atoms with Crippen LogP contribution >= 0.6 is 23.1 Å². The monoisotopic (exact) mass is 226 g/mol. The fourth-order valence-corrected chi connectivity index (χ4v) is 2.73. The van der Waals surface area contributed by atoms with Crippen LogP contribution in [0.1, 0.15) is 4.88 Å². The molecular formula is C8H10N4S2. The number of rotatable bonds is 2. The SMILES string of the molecule is CSc1nc(NN)nc2sc(C)cc12. The van der Waals surface area contributed by atoms with Crippen LogP contribution in [0.5, 0.6) is 0 Å². The summed E-state index contributed by atoms with van der Waals surface area (Å²) in [6.07, 6.45) is 2.00. The minimum absolute atomic E-state index is 0.476. The first-order chi connectivity index (χ1) is 6.74. The van der Waals surface area contributed by atoms with Crippen LogP contribution in [0, 0.1) is 6.92 Å². The van der Waals surface area contributed by atoms with Crippen molar-refractivity contribution in [3.8, 4) is 0 Å². The first-order valence-corrected chi connectivity index (χ1v) is 6.07. The lowest BCUT2D eigenvalue weighted by Gasteiger charge is -2.01. The van der Waals surface area contributed by atoms with Crippen LogP contribution in [-0.2, 0) is 0 Å². The summed E-state index contributed by atoms with van der Waals surface area (Å²) in [5, 5.41) is 2.08. The molecule has 0 saturated carbocycles. The molecule has 4 nitrogen and oxygen atoms in total. The fourth-order valence-electron chi connectivity index (χ4n) is 1.24. The molecule has 0 amide bonds. The minimum Gasteiger partial charge on any atom is -0.292 e. The number of hydrazine groups is 1. The van der Waals surface area contributed by atoms with Crippen LogP contribution in [0.15, 0.2) is 11.1 Å². The summed E-state index contributed by atoms with van der Waals surface area (Å²) in [6, 6.07) is 2.10. The van der Waals surface area contributed by atoms with Gasteiger partial charge in [0.25, 0.3) is 0 Å². The topological polar surface area (TPSA) is 63.8 Å². The average Bonchev–Trinajstić information content (AvgIpc) is 2.56. The summed E-state index contributed by atoms with van der Waals surface area (Å²) >= 11 is 3.25. The first kappa shape index (κ1) is 9.70. The molecule has 0 saturated heterocycles. The van der Waals surface area contributed by atoms with Crippen LogP contribution < -0.4 is 11.3 Å². The second-order valence-electron chi connectivity index (χ2n) is 2.78. The number of thioether (sulfide) groups is 1. The zero-order valence-electron chi connectivity index (χ0n) is 7.87. The van der Waals surface area contributed by atoms with Crippen LogP contribution in [0.25, 0.3) is 10.2 Å². The van der Waals surface area contributed by atoms with E-state index in [0.717, 1.165) is 15.2 Å². The van der Waals surface area contributed by atoms with E-state index < -0.39 is 0 Å². The number of aryl methyl sites for hydroxylation is 1. The Labute approximate surface area is 89.9 Å². The number of nitrogens with one attached hydrogen (secondary N) is 1. The molecule has 0 aliphatic carbocycles. The van der Waals surface area contributed by atoms with Crippen molar-refractivity contribution < 1.29 is 0 Å². The quantitative estimate of drug-likeness (QED) is 0.355. The van der Waals surface area contributed by atoms with Crippen molar-refractivity contribution >= 4 is 39.3 Å². The third-order valence-corrected chi connectivity index (χ3v) is 3.45. The van der Waals surface area contributed by atoms with Crippen molar-refractivity contribution in [1.82, 2.24) is 9.97 Å². The van der Waals surface area contributed by atoms with Crippen LogP contribution in [0.3, 0.4) is 0 Å². The highest BCUT2D eigenvalue weighted by atomic mass is 32.2. The smallest absolute Gasteiger partial charge is 0.239 e. The Hall–Kier alpha value is -0.850. The molecule has 0 atom stereocenters. The Kier molecular flexibility index (Phi) is 2.58. The van der Waals surface area contributed by atoms with Gasteiger partial charge >= 0.3 is 0 Å². The van der Waals surface area contributed by atoms with E-state index in [-0.39, 0.29) is 0 Å². The van der Waals surface area contributed by atoms with Crippen molar-refractivity contribution in [3.63, 3.8) is 0 Å². The minimum atomic E-state index is 0.476. The van der Waals surface area contributed by atoms with Gasteiger partial charge in [-0.1, -0.05) is 0 Å². The molecule has 0 radical (unpaired) electrons. The number of nitrogens with two attached hydrogens (primary N) is 1.